The molecule has 1 aliphatic heterocycles. The molecule has 0 spiro atoms. The average molecular weight is 172 g/mol. The van der Waals surface area contributed by atoms with Crippen LogP contribution >= 0.6 is 0 Å². The van der Waals surface area contributed by atoms with Gasteiger partial charge in [0.05, 0.1) is 6.10 Å². The molecule has 0 aromatic rings. The van der Waals surface area contributed by atoms with Gasteiger partial charge in [-0.3, -0.25) is 0 Å². The number of aliphatic hydroxyl groups excluding tert-OH is 1. The normalized spacial score (nSPS) is 27.0. The lowest BCUT2D eigenvalue weighted by molar-refractivity contribution is -0.000499. The molecule has 0 aromatic carbocycles. The highest BCUT2D eigenvalue weighted by Crippen LogP contribution is 2.33. The van der Waals surface area contributed by atoms with Crippen LogP contribution in [0.15, 0.2) is 0 Å². The smallest absolute Gasteiger partial charge is 0.0716 e. The molecule has 1 saturated heterocycles. The Morgan fingerprint density at radius 1 is 1.50 bits per heavy atom. The molecule has 0 radical (unpaired) electrons. The lowest BCUT2D eigenvalue weighted by Gasteiger charge is -2.40. The Morgan fingerprint density at radius 3 is 2.42 bits per heavy atom. The Kier molecular flexibility index (Phi) is 3.09. The number of piperidine rings is 1. The van der Waals surface area contributed by atoms with E-state index in [1.807, 2.05) is 0 Å². The van der Waals surface area contributed by atoms with Crippen molar-refractivity contribution in [3.8, 4) is 0 Å². The van der Waals surface area contributed by atoms with Crippen LogP contribution in [0.5, 0.6) is 0 Å². The number of nitrogens with two attached hydrogens (primary N) is 1. The maximum absolute atomic E-state index is 9.68. The van der Waals surface area contributed by atoms with Gasteiger partial charge in [0.2, 0.25) is 0 Å². The molecule has 3 heteroatoms. The highest BCUT2D eigenvalue weighted by Gasteiger charge is 2.34. The van der Waals surface area contributed by atoms with E-state index in [4.69, 9.17) is 5.73 Å². The topological polar surface area (TPSA) is 49.5 Å². The zero-order chi connectivity index (χ0) is 9.19. The molecule has 1 aliphatic rings. The van der Waals surface area contributed by atoms with Gasteiger partial charge in [0.1, 0.15) is 0 Å². The van der Waals surface area contributed by atoms with E-state index in [0.29, 0.717) is 6.54 Å². The van der Waals surface area contributed by atoms with Crippen LogP contribution in [-0.2, 0) is 0 Å². The van der Waals surface area contributed by atoms with Crippen molar-refractivity contribution in [1.82, 2.24) is 4.90 Å². The van der Waals surface area contributed by atoms with Gasteiger partial charge in [0.15, 0.2) is 0 Å². The molecule has 3 nitrogen and oxygen atoms in total. The Bertz CT molecular complexity index is 141. The van der Waals surface area contributed by atoms with Crippen LogP contribution in [0.3, 0.4) is 0 Å². The van der Waals surface area contributed by atoms with E-state index in [0.717, 1.165) is 25.9 Å². The second-order valence-electron chi connectivity index (χ2n) is 4.21. The largest absolute Gasteiger partial charge is 0.391 e. The Morgan fingerprint density at radius 2 is 2.00 bits per heavy atom. The van der Waals surface area contributed by atoms with Gasteiger partial charge in [-0.1, -0.05) is 6.92 Å². The van der Waals surface area contributed by atoms with Crippen LogP contribution in [0, 0.1) is 5.41 Å². The van der Waals surface area contributed by atoms with Gasteiger partial charge in [-0.05, 0) is 38.4 Å². The van der Waals surface area contributed by atoms with Crippen LogP contribution in [0.25, 0.3) is 0 Å². The fourth-order valence-electron chi connectivity index (χ4n) is 1.75. The van der Waals surface area contributed by atoms with Crippen molar-refractivity contribution in [2.45, 2.75) is 25.9 Å². The molecule has 1 rings (SSSR count). The quantitative estimate of drug-likeness (QED) is 0.618. The third-order valence-corrected chi connectivity index (χ3v) is 3.16. The molecule has 1 heterocycles. The van der Waals surface area contributed by atoms with Crippen LogP contribution in [0.4, 0.5) is 0 Å². The Balaban J connectivity index is 2.49. The number of hydrogen-bond acceptors (Lipinski definition) is 3. The van der Waals surface area contributed by atoms with Crippen molar-refractivity contribution in [3.63, 3.8) is 0 Å². The predicted molar refractivity (Wildman–Crippen MR) is 49.9 cm³/mol. The lowest BCUT2D eigenvalue weighted by Crippen LogP contribution is -2.45. The van der Waals surface area contributed by atoms with E-state index in [2.05, 4.69) is 18.9 Å². The predicted octanol–water partition coefficient (Wildman–Crippen LogP) is 0.0379. The van der Waals surface area contributed by atoms with E-state index in [9.17, 15) is 5.11 Å². The summed E-state index contributed by atoms with van der Waals surface area (Å²) in [6.45, 7) is 4.68. The summed E-state index contributed by atoms with van der Waals surface area (Å²) in [5.74, 6) is 0. The molecule has 0 aromatic heterocycles. The number of nitrogens with zero attached hydrogens (tertiary/aromatic N) is 1. The summed E-state index contributed by atoms with van der Waals surface area (Å²) in [6.07, 6.45) is 1.79. The average Bonchev–Trinajstić information content (AvgIpc) is 2.09. The van der Waals surface area contributed by atoms with Gasteiger partial charge in [0, 0.05) is 6.54 Å². The van der Waals surface area contributed by atoms with Gasteiger partial charge >= 0.3 is 0 Å². The van der Waals surface area contributed by atoms with E-state index in [1.54, 1.807) is 0 Å². The van der Waals surface area contributed by atoms with E-state index >= 15 is 0 Å². The summed E-state index contributed by atoms with van der Waals surface area (Å²) in [7, 11) is 2.12. The SMILES string of the molecule is CN1CCC(C)([C@H](O)CN)CC1. The molecular weight excluding hydrogens is 152 g/mol. The molecule has 0 unspecified atom stereocenters. The highest BCUT2D eigenvalue weighted by molar-refractivity contribution is 4.87. The second-order valence-corrected chi connectivity index (χ2v) is 4.21. The zero-order valence-electron chi connectivity index (χ0n) is 8.08. The fraction of sp³-hybridized carbons (Fsp3) is 1.00. The first-order valence-corrected chi connectivity index (χ1v) is 4.65. The van der Waals surface area contributed by atoms with Gasteiger partial charge in [-0.15, -0.1) is 0 Å². The number of hydrogen-bond donors (Lipinski definition) is 2. The van der Waals surface area contributed by atoms with Crippen LogP contribution in [0.1, 0.15) is 19.8 Å². The van der Waals surface area contributed by atoms with Gasteiger partial charge in [-0.2, -0.15) is 0 Å². The molecular formula is C9H20N2O. The van der Waals surface area contributed by atoms with Crippen LogP contribution in [0.2, 0.25) is 0 Å². The molecule has 0 saturated carbocycles. The van der Waals surface area contributed by atoms with Crippen molar-refractivity contribution in [3.05, 3.63) is 0 Å². The molecule has 0 bridgehead atoms. The fourth-order valence-corrected chi connectivity index (χ4v) is 1.75. The minimum Gasteiger partial charge on any atom is -0.391 e. The van der Waals surface area contributed by atoms with Gasteiger partial charge in [-0.25, -0.2) is 0 Å². The molecule has 0 aliphatic carbocycles. The summed E-state index contributed by atoms with van der Waals surface area (Å²) >= 11 is 0. The van der Waals surface area contributed by atoms with E-state index < -0.39 is 0 Å². The minimum absolute atomic E-state index is 0.0568. The summed E-state index contributed by atoms with van der Waals surface area (Å²) < 4.78 is 0. The first kappa shape index (κ1) is 9.96. The van der Waals surface area contributed by atoms with Crippen molar-refractivity contribution in [2.75, 3.05) is 26.7 Å². The summed E-state index contributed by atoms with van der Waals surface area (Å²) in [5, 5.41) is 9.68. The maximum Gasteiger partial charge on any atom is 0.0716 e. The zero-order valence-corrected chi connectivity index (χ0v) is 8.08. The van der Waals surface area contributed by atoms with Crippen LogP contribution < -0.4 is 5.73 Å². The second kappa shape index (κ2) is 3.73. The van der Waals surface area contributed by atoms with Gasteiger partial charge in [0.25, 0.3) is 0 Å². The number of rotatable bonds is 2. The lowest BCUT2D eigenvalue weighted by atomic mass is 9.76. The molecule has 0 amide bonds. The van der Waals surface area contributed by atoms with Crippen molar-refractivity contribution in [2.24, 2.45) is 11.1 Å². The molecule has 3 N–H and O–H groups in total. The highest BCUT2D eigenvalue weighted by atomic mass is 16.3. The summed E-state index contributed by atoms with van der Waals surface area (Å²) in [5.41, 5.74) is 5.52. The van der Waals surface area contributed by atoms with Crippen molar-refractivity contribution < 1.29 is 5.11 Å². The Hall–Kier alpha value is -0.120. The first-order valence-electron chi connectivity index (χ1n) is 4.65. The van der Waals surface area contributed by atoms with Gasteiger partial charge < -0.3 is 15.7 Å². The molecule has 1 atom stereocenters. The Labute approximate surface area is 74.5 Å². The van der Waals surface area contributed by atoms with Crippen molar-refractivity contribution in [1.29, 1.82) is 0 Å². The standard InChI is InChI=1S/C9H20N2O/c1-9(8(12)7-10)3-5-11(2)6-4-9/h8,12H,3-7,10H2,1-2H3/t8-/m1/s1. The number of likely N-dealkylation sites (tertiary alicyclic amines) is 1. The maximum atomic E-state index is 9.68. The minimum atomic E-state index is -0.328. The summed E-state index contributed by atoms with van der Waals surface area (Å²) in [6, 6.07) is 0. The molecule has 12 heavy (non-hydrogen) atoms. The molecule has 72 valence electrons. The number of aliphatic hydroxyl groups is 1. The monoisotopic (exact) mass is 172 g/mol. The third-order valence-electron chi connectivity index (χ3n) is 3.16. The van der Waals surface area contributed by atoms with Crippen molar-refractivity contribution >= 4 is 0 Å². The molecule has 1 fully saturated rings. The van der Waals surface area contributed by atoms with E-state index in [1.165, 1.54) is 0 Å². The first-order chi connectivity index (χ1) is 5.58. The summed E-state index contributed by atoms with van der Waals surface area (Å²) in [4.78, 5) is 2.30. The van der Waals surface area contributed by atoms with E-state index in [-0.39, 0.29) is 11.5 Å². The third kappa shape index (κ3) is 1.97. The van der Waals surface area contributed by atoms with Crippen LogP contribution in [-0.4, -0.2) is 42.8 Å².